The molecule has 0 amide bonds. The van der Waals surface area contributed by atoms with Crippen LogP contribution in [0.25, 0.3) is 60.5 Å². The molecule has 0 saturated carbocycles. The minimum absolute atomic E-state index is 0. The predicted octanol–water partition coefficient (Wildman–Crippen LogP) is 14.9. The minimum Gasteiger partial charge on any atom is -0.753 e. The maximum Gasteiger partial charge on any atom is 2.00 e. The fourth-order valence-corrected chi connectivity index (χ4v) is 9.72. The van der Waals surface area contributed by atoms with Crippen molar-refractivity contribution in [2.75, 3.05) is 0 Å². The van der Waals surface area contributed by atoms with Crippen LogP contribution in [0.2, 0.25) is 0 Å². The van der Waals surface area contributed by atoms with Crippen molar-refractivity contribution >= 4 is 53.0 Å². The zero-order valence-electron chi connectivity index (χ0n) is 39.9. The van der Waals surface area contributed by atoms with Crippen LogP contribution in [0.1, 0.15) is 119 Å². The summed E-state index contributed by atoms with van der Waals surface area (Å²) < 4.78 is 48.7. The van der Waals surface area contributed by atoms with Crippen molar-refractivity contribution in [1.82, 2.24) is 30.1 Å². The number of aryl methyl sites for hydroxylation is 3. The van der Waals surface area contributed by atoms with E-state index in [1.807, 2.05) is 30.5 Å². The fourth-order valence-electron chi connectivity index (χ4n) is 7.43. The number of unbranched alkanes of at least 4 members (excludes halogenated alkanes) is 9. The molecule has 0 N–H and O–H groups in total. The Kier molecular flexibility index (Phi) is 25.3. The van der Waals surface area contributed by atoms with E-state index < -0.39 is 11.9 Å². The van der Waals surface area contributed by atoms with Gasteiger partial charge in [-0.05, 0) is 104 Å². The third kappa shape index (κ3) is 18.5. The van der Waals surface area contributed by atoms with E-state index in [2.05, 4.69) is 81.3 Å². The second kappa shape index (κ2) is 31.0. The first-order valence-electron chi connectivity index (χ1n) is 23.5. The average Bonchev–Trinajstić information content (AvgIpc) is 4.16. The van der Waals surface area contributed by atoms with Gasteiger partial charge in [0.1, 0.15) is 17.2 Å². The van der Waals surface area contributed by atoms with Crippen molar-refractivity contribution in [3.05, 3.63) is 118 Å². The molecule has 0 aromatic carbocycles. The standard InChI is InChI=1S/C27H25N3O4S.C25H31F3N3S.CNS.Ru/c1-2-3-4-5-6-22-8-10-27(35-22)19-7-9-23(29-16-19)25-14-21(34-18-32)15-26(30-25)24-13-20(33-17-31)11-12-28-24;1-3-5-7-9-11-18-15-20(12-10-8-6-4-2)32-24(18)19-13-14-29-21(16-19)22-17-23(31-30-22)25(26,27)28;2-1-3;/h7-18H,2-6H2,1H3;13-17H,3-12H2,1-2H3;;/q;2*-1;+2. The van der Waals surface area contributed by atoms with Gasteiger partial charge in [-0.25, -0.2) is 4.98 Å². The molecule has 7 aromatic rings. The van der Waals surface area contributed by atoms with Gasteiger partial charge in [-0.3, -0.25) is 24.5 Å². The number of aromatic nitrogens is 6. The number of rotatable bonds is 24. The molecular formula is C53H56F3N7O4RuS3. The molecule has 0 fully saturated rings. The first-order valence-corrected chi connectivity index (χ1v) is 25.5. The number of thiocarbonyl (C=S) groups is 1. The van der Waals surface area contributed by atoms with Crippen LogP contribution in [0, 0.1) is 0 Å². The van der Waals surface area contributed by atoms with Gasteiger partial charge < -0.3 is 25.1 Å². The molecule has 18 heteroatoms. The quantitative estimate of drug-likeness (QED) is 0.0187. The molecule has 374 valence electrons. The molecule has 0 bridgehead atoms. The van der Waals surface area contributed by atoms with E-state index in [4.69, 9.17) is 14.9 Å². The van der Waals surface area contributed by atoms with Gasteiger partial charge in [-0.1, -0.05) is 96.5 Å². The van der Waals surface area contributed by atoms with Crippen molar-refractivity contribution in [1.29, 1.82) is 0 Å². The first kappa shape index (κ1) is 57.9. The molecular weight excluding hydrogens is 1050 g/mol. The zero-order chi connectivity index (χ0) is 50.1. The van der Waals surface area contributed by atoms with E-state index in [0.717, 1.165) is 42.9 Å². The van der Waals surface area contributed by atoms with Crippen LogP contribution in [0.3, 0.4) is 0 Å². The van der Waals surface area contributed by atoms with Gasteiger partial charge in [0.05, 0.1) is 28.5 Å². The zero-order valence-corrected chi connectivity index (χ0v) is 44.1. The van der Waals surface area contributed by atoms with Crippen LogP contribution in [-0.4, -0.2) is 43.1 Å². The van der Waals surface area contributed by atoms with Gasteiger partial charge in [0, 0.05) is 61.9 Å². The van der Waals surface area contributed by atoms with Gasteiger partial charge in [0.2, 0.25) is 0 Å². The molecule has 0 radical (unpaired) electrons. The predicted molar refractivity (Wildman–Crippen MR) is 276 cm³/mol. The van der Waals surface area contributed by atoms with Crippen molar-refractivity contribution in [2.45, 2.75) is 123 Å². The van der Waals surface area contributed by atoms with Crippen LogP contribution >= 0.6 is 34.9 Å². The molecule has 0 aliphatic heterocycles. The Hall–Kier alpha value is -5.64. The SMILES string of the molecule is CCCCCCc1cc(CCCCCC)c(-c2ccnc(-c3cc(C(F)(F)F)n[n-]3)c2)s1.CCCCCCc1ccc(-c2ccc(-c3cc(OC=O)cc(-c4cc(OC=O)ccn4)n3)nc2)s1.[N-]=C=S.[Ru+2]. The maximum absolute atomic E-state index is 12.9. The third-order valence-electron chi connectivity index (χ3n) is 11.0. The van der Waals surface area contributed by atoms with Crippen molar-refractivity contribution in [3.8, 4) is 66.5 Å². The van der Waals surface area contributed by atoms with E-state index in [1.54, 1.807) is 53.1 Å². The van der Waals surface area contributed by atoms with E-state index in [-0.39, 0.29) is 25.2 Å². The van der Waals surface area contributed by atoms with E-state index >= 15 is 0 Å². The fraction of sp³-hybridized carbons (Fsp3) is 0.358. The number of hydrogen-bond acceptors (Lipinski definition) is 12. The molecule has 0 atom stereocenters. The molecule has 11 nitrogen and oxygen atoms in total. The number of hydrogen-bond donors (Lipinski definition) is 0. The van der Waals surface area contributed by atoms with E-state index in [9.17, 15) is 22.8 Å². The van der Waals surface area contributed by atoms with Gasteiger partial charge in [-0.15, -0.1) is 22.7 Å². The number of ether oxygens (including phenoxy) is 2. The van der Waals surface area contributed by atoms with Gasteiger partial charge in [0.15, 0.2) is 0 Å². The summed E-state index contributed by atoms with van der Waals surface area (Å²) in [7, 11) is 0. The van der Waals surface area contributed by atoms with Crippen LogP contribution in [-0.2, 0) is 54.5 Å². The molecule has 7 heterocycles. The number of thiophene rings is 2. The molecule has 0 aliphatic rings. The van der Waals surface area contributed by atoms with Gasteiger partial charge in [-0.2, -0.15) is 18.3 Å². The number of carbonyl (C=O) groups excluding carboxylic acids is 2. The van der Waals surface area contributed by atoms with Gasteiger partial charge >= 0.3 is 25.7 Å². The molecule has 0 spiro atoms. The summed E-state index contributed by atoms with van der Waals surface area (Å²) in [5, 5.41) is 15.5. The minimum atomic E-state index is -4.51. The average molecular weight is 1110 g/mol. The molecule has 7 rings (SSSR count). The number of halogens is 3. The summed E-state index contributed by atoms with van der Waals surface area (Å²) in [4.78, 5) is 44.6. The molecule has 0 saturated heterocycles. The summed E-state index contributed by atoms with van der Waals surface area (Å²) in [6.07, 6.45) is 18.4. The Morgan fingerprint density at radius 2 is 1.25 bits per heavy atom. The maximum atomic E-state index is 12.9. The van der Waals surface area contributed by atoms with Crippen molar-refractivity contribution in [3.63, 3.8) is 0 Å². The topological polar surface area (TPSA) is 153 Å². The monoisotopic (exact) mass is 1110 g/mol. The van der Waals surface area contributed by atoms with Crippen LogP contribution in [0.15, 0.2) is 91.4 Å². The van der Waals surface area contributed by atoms with Crippen LogP contribution in [0.4, 0.5) is 13.2 Å². The number of alkyl halides is 3. The number of carbonyl (C=O) groups is 2. The summed E-state index contributed by atoms with van der Waals surface area (Å²) in [6.45, 7) is 7.35. The van der Waals surface area contributed by atoms with E-state index in [0.29, 0.717) is 52.9 Å². The largest absolute Gasteiger partial charge is 2.00 e. The van der Waals surface area contributed by atoms with Crippen LogP contribution < -0.4 is 14.6 Å². The van der Waals surface area contributed by atoms with Crippen LogP contribution in [0.5, 0.6) is 11.5 Å². The summed E-state index contributed by atoms with van der Waals surface area (Å²) >= 11 is 7.30. The normalized spacial score (nSPS) is 10.7. The second-order valence-corrected chi connectivity index (χ2v) is 18.7. The summed E-state index contributed by atoms with van der Waals surface area (Å²) in [6, 6.07) is 21.7. The Bertz CT molecular complexity index is 2740. The van der Waals surface area contributed by atoms with Gasteiger partial charge in [0.25, 0.3) is 12.9 Å². The Morgan fingerprint density at radius 3 is 1.87 bits per heavy atom. The molecule has 7 aromatic heterocycles. The summed E-state index contributed by atoms with van der Waals surface area (Å²) in [5.41, 5.74) is 5.01. The molecule has 0 aliphatic carbocycles. The van der Waals surface area contributed by atoms with E-state index in [1.165, 1.54) is 107 Å². The molecule has 0 unspecified atom stereocenters. The second-order valence-electron chi connectivity index (χ2n) is 16.2. The van der Waals surface area contributed by atoms with Crippen molar-refractivity contribution in [2.24, 2.45) is 0 Å². The van der Waals surface area contributed by atoms with Crippen molar-refractivity contribution < 1.29 is 51.7 Å². The Balaban J connectivity index is 0.000000290. The number of pyridine rings is 4. The summed E-state index contributed by atoms with van der Waals surface area (Å²) in [5.74, 6) is 0.638. The Labute approximate surface area is 439 Å². The third-order valence-corrected chi connectivity index (χ3v) is 13.4. The Morgan fingerprint density at radius 1 is 0.648 bits per heavy atom. The number of nitrogens with zero attached hydrogens (tertiary/aromatic N) is 7. The number of isothiocyanates is 1. The smallest absolute Gasteiger partial charge is 0.753 e. The molecule has 71 heavy (non-hydrogen) atoms. The first-order chi connectivity index (χ1) is 34.0.